The molecule has 38 heavy (non-hydrogen) atoms. The number of hydrogen-bond acceptors (Lipinski definition) is 7. The first kappa shape index (κ1) is 27.3. The van der Waals surface area contributed by atoms with Crippen LogP contribution in [0.2, 0.25) is 0 Å². The van der Waals surface area contributed by atoms with Crippen LogP contribution in [-0.2, 0) is 16.0 Å². The SMILES string of the molecule is C=CCOc1c(C)c(C)c2c(c1C)CCC(C)(COc1ccc(C=C3SC(=O)N(CC(=O)O)C3=O)cc1)O2. The Labute approximate surface area is 226 Å². The van der Waals surface area contributed by atoms with Crippen molar-refractivity contribution in [1.82, 2.24) is 4.90 Å². The van der Waals surface area contributed by atoms with E-state index in [0.29, 0.717) is 24.5 Å². The van der Waals surface area contributed by atoms with Crippen molar-refractivity contribution in [3.63, 3.8) is 0 Å². The van der Waals surface area contributed by atoms with Crippen molar-refractivity contribution in [2.75, 3.05) is 19.8 Å². The zero-order valence-corrected chi connectivity index (χ0v) is 22.8. The van der Waals surface area contributed by atoms with Gasteiger partial charge >= 0.3 is 5.97 Å². The number of carbonyl (C=O) groups is 3. The summed E-state index contributed by atoms with van der Waals surface area (Å²) in [7, 11) is 0. The van der Waals surface area contributed by atoms with Gasteiger partial charge in [0.1, 0.15) is 42.6 Å². The molecule has 1 fully saturated rings. The number of aliphatic carboxylic acids is 1. The van der Waals surface area contributed by atoms with E-state index in [0.717, 1.165) is 57.7 Å². The first-order chi connectivity index (χ1) is 18.0. The summed E-state index contributed by atoms with van der Waals surface area (Å²) in [4.78, 5) is 36.1. The molecular formula is C29H31NO7S. The van der Waals surface area contributed by atoms with Crippen LogP contribution in [0, 0.1) is 20.8 Å². The summed E-state index contributed by atoms with van der Waals surface area (Å²) in [6, 6.07) is 7.13. The van der Waals surface area contributed by atoms with Gasteiger partial charge in [0, 0.05) is 5.56 Å². The minimum absolute atomic E-state index is 0.186. The van der Waals surface area contributed by atoms with E-state index in [1.807, 2.05) is 13.8 Å². The molecule has 0 spiro atoms. The van der Waals surface area contributed by atoms with Crippen LogP contribution in [0.5, 0.6) is 17.2 Å². The van der Waals surface area contributed by atoms with Crippen LogP contribution >= 0.6 is 11.8 Å². The van der Waals surface area contributed by atoms with Crippen LogP contribution in [0.4, 0.5) is 4.79 Å². The molecule has 2 aromatic rings. The first-order valence-corrected chi connectivity index (χ1v) is 13.1. The molecule has 200 valence electrons. The van der Waals surface area contributed by atoms with Crippen LogP contribution in [0.15, 0.2) is 41.8 Å². The quantitative estimate of drug-likeness (QED) is 0.332. The van der Waals surface area contributed by atoms with E-state index >= 15 is 0 Å². The highest BCUT2D eigenvalue weighted by atomic mass is 32.2. The van der Waals surface area contributed by atoms with Crippen LogP contribution < -0.4 is 14.2 Å². The first-order valence-electron chi connectivity index (χ1n) is 12.3. The van der Waals surface area contributed by atoms with Crippen molar-refractivity contribution < 1.29 is 33.7 Å². The molecule has 0 aromatic heterocycles. The lowest BCUT2D eigenvalue weighted by Gasteiger charge is -2.38. The van der Waals surface area contributed by atoms with Crippen molar-refractivity contribution in [3.8, 4) is 17.2 Å². The Morgan fingerprint density at radius 2 is 1.87 bits per heavy atom. The van der Waals surface area contributed by atoms with E-state index in [4.69, 9.17) is 19.3 Å². The number of carboxylic acids is 1. The van der Waals surface area contributed by atoms with Gasteiger partial charge in [-0.25, -0.2) is 0 Å². The molecule has 0 radical (unpaired) electrons. The summed E-state index contributed by atoms with van der Waals surface area (Å²) in [6.07, 6.45) is 4.95. The van der Waals surface area contributed by atoms with Crippen molar-refractivity contribution >= 4 is 35.0 Å². The molecule has 1 unspecified atom stereocenters. The number of carbonyl (C=O) groups excluding carboxylic acids is 2. The lowest BCUT2D eigenvalue weighted by molar-refractivity contribution is -0.140. The summed E-state index contributed by atoms with van der Waals surface area (Å²) in [5.74, 6) is 0.600. The molecule has 2 aromatic carbocycles. The smallest absolute Gasteiger partial charge is 0.323 e. The zero-order chi connectivity index (χ0) is 27.6. The van der Waals surface area contributed by atoms with Crippen LogP contribution in [0.3, 0.4) is 0 Å². The fraction of sp³-hybridized carbons (Fsp3) is 0.345. The molecule has 9 heteroatoms. The number of benzene rings is 2. The topological polar surface area (TPSA) is 102 Å². The number of rotatable bonds is 9. The maximum Gasteiger partial charge on any atom is 0.323 e. The van der Waals surface area contributed by atoms with Gasteiger partial charge in [0.2, 0.25) is 0 Å². The van der Waals surface area contributed by atoms with Crippen molar-refractivity contribution in [2.24, 2.45) is 0 Å². The molecule has 1 saturated heterocycles. The van der Waals surface area contributed by atoms with Gasteiger partial charge in [-0.05, 0) is 92.8 Å². The summed E-state index contributed by atoms with van der Waals surface area (Å²) in [5.41, 5.74) is 4.58. The molecule has 2 heterocycles. The highest BCUT2D eigenvalue weighted by Gasteiger charge is 2.37. The Balaban J connectivity index is 1.43. The van der Waals surface area contributed by atoms with Gasteiger partial charge in [-0.2, -0.15) is 0 Å². The standard InChI is InChI=1S/C29H31NO7S/c1-6-13-35-25-17(2)18(3)26-22(19(25)4)11-12-29(5,37-26)16-36-21-9-7-20(8-10-21)14-23-27(33)30(15-24(31)32)28(34)38-23/h6-10,14H,1,11-13,15-16H2,2-5H3,(H,31,32). The van der Waals surface area contributed by atoms with Gasteiger partial charge in [-0.1, -0.05) is 24.8 Å². The van der Waals surface area contributed by atoms with E-state index in [1.54, 1.807) is 36.4 Å². The third-order valence-electron chi connectivity index (χ3n) is 6.80. The highest BCUT2D eigenvalue weighted by Crippen LogP contribution is 2.44. The predicted molar refractivity (Wildman–Crippen MR) is 146 cm³/mol. The van der Waals surface area contributed by atoms with E-state index in [-0.39, 0.29) is 4.91 Å². The molecule has 1 N–H and O–H groups in total. The van der Waals surface area contributed by atoms with Gasteiger partial charge in [0.05, 0.1) is 4.91 Å². The lowest BCUT2D eigenvalue weighted by Crippen LogP contribution is -2.42. The van der Waals surface area contributed by atoms with Crippen LogP contribution in [-0.4, -0.2) is 52.5 Å². The number of ether oxygens (including phenoxy) is 3. The third kappa shape index (κ3) is 5.57. The van der Waals surface area contributed by atoms with Crippen molar-refractivity contribution in [2.45, 2.75) is 46.1 Å². The van der Waals surface area contributed by atoms with Gasteiger partial charge in [0.15, 0.2) is 0 Å². The van der Waals surface area contributed by atoms with Crippen LogP contribution in [0.25, 0.3) is 6.08 Å². The molecule has 2 amide bonds. The molecule has 0 aliphatic carbocycles. The maximum atomic E-state index is 12.4. The van der Waals surface area contributed by atoms with Crippen molar-refractivity contribution in [3.05, 3.63) is 69.6 Å². The average molecular weight is 538 g/mol. The number of carboxylic acid groups (broad SMARTS) is 1. The van der Waals surface area contributed by atoms with Gasteiger partial charge in [0.25, 0.3) is 11.1 Å². The largest absolute Gasteiger partial charge is 0.489 e. The Kier molecular flexibility index (Phi) is 7.87. The minimum Gasteiger partial charge on any atom is -0.489 e. The van der Waals surface area contributed by atoms with Crippen molar-refractivity contribution in [1.29, 1.82) is 0 Å². The Morgan fingerprint density at radius 3 is 2.53 bits per heavy atom. The summed E-state index contributed by atoms with van der Waals surface area (Å²) in [6.45, 7) is 12.1. The number of fused-ring (bicyclic) bond motifs is 1. The molecule has 0 bridgehead atoms. The monoisotopic (exact) mass is 537 g/mol. The van der Waals surface area contributed by atoms with E-state index < -0.39 is 29.3 Å². The second kappa shape index (κ2) is 10.9. The normalized spacial score (nSPS) is 19.8. The van der Waals surface area contributed by atoms with E-state index in [1.165, 1.54) is 5.56 Å². The Bertz CT molecular complexity index is 1330. The number of amides is 2. The Morgan fingerprint density at radius 1 is 1.16 bits per heavy atom. The van der Waals surface area contributed by atoms with Gasteiger partial charge in [-0.15, -0.1) is 0 Å². The molecule has 1 atom stereocenters. The Hall–Kier alpha value is -3.72. The summed E-state index contributed by atoms with van der Waals surface area (Å²) in [5, 5.41) is 8.31. The predicted octanol–water partition coefficient (Wildman–Crippen LogP) is 5.46. The van der Waals surface area contributed by atoms with E-state index in [2.05, 4.69) is 20.4 Å². The number of imide groups is 1. The second-order valence-electron chi connectivity index (χ2n) is 9.68. The number of thioether (sulfide) groups is 1. The minimum atomic E-state index is -1.24. The molecule has 2 aliphatic heterocycles. The summed E-state index contributed by atoms with van der Waals surface area (Å²) < 4.78 is 18.6. The highest BCUT2D eigenvalue weighted by molar-refractivity contribution is 8.18. The molecule has 0 saturated carbocycles. The second-order valence-corrected chi connectivity index (χ2v) is 10.7. The molecule has 4 rings (SSSR count). The summed E-state index contributed by atoms with van der Waals surface area (Å²) >= 11 is 0.729. The number of hydrogen-bond donors (Lipinski definition) is 1. The maximum absolute atomic E-state index is 12.4. The average Bonchev–Trinajstić information content (AvgIpc) is 3.14. The van der Waals surface area contributed by atoms with E-state index in [9.17, 15) is 14.4 Å². The molecule has 2 aliphatic rings. The zero-order valence-electron chi connectivity index (χ0n) is 22.0. The third-order valence-corrected chi connectivity index (χ3v) is 7.71. The fourth-order valence-electron chi connectivity index (χ4n) is 4.56. The lowest BCUT2D eigenvalue weighted by atomic mass is 9.87. The molecule has 8 nitrogen and oxygen atoms in total. The van der Waals surface area contributed by atoms with Gasteiger partial charge in [-0.3, -0.25) is 19.3 Å². The number of nitrogens with zero attached hydrogens (tertiary/aromatic N) is 1. The fourth-order valence-corrected chi connectivity index (χ4v) is 5.40. The van der Waals surface area contributed by atoms with Crippen LogP contribution in [0.1, 0.15) is 41.2 Å². The van der Waals surface area contributed by atoms with Gasteiger partial charge < -0.3 is 19.3 Å². The molecular weight excluding hydrogens is 506 g/mol.